The minimum atomic E-state index is 0.551. The average molecular weight is 946 g/mol. The van der Waals surface area contributed by atoms with Crippen molar-refractivity contribution in [2.45, 2.75) is 0 Å². The van der Waals surface area contributed by atoms with E-state index in [1.807, 2.05) is 36.4 Å². The highest BCUT2D eigenvalue weighted by Crippen LogP contribution is 2.46. The Morgan fingerprint density at radius 2 is 0.649 bits per heavy atom. The van der Waals surface area contributed by atoms with E-state index in [0.29, 0.717) is 17.6 Å². The average Bonchev–Trinajstić information content (AvgIpc) is 4.26. The molecule has 0 atom stereocenters. The van der Waals surface area contributed by atoms with Crippen molar-refractivity contribution in [1.29, 1.82) is 0 Å². The molecule has 0 unspecified atom stereocenters. The van der Waals surface area contributed by atoms with E-state index in [2.05, 4.69) is 243 Å². The molecule has 7 aromatic heterocycles. The van der Waals surface area contributed by atoms with Crippen LogP contribution in [-0.2, 0) is 0 Å². The van der Waals surface area contributed by atoms with Crippen molar-refractivity contribution < 1.29 is 0 Å². The second-order valence-corrected chi connectivity index (χ2v) is 18.9. The van der Waals surface area contributed by atoms with Crippen LogP contribution in [0.15, 0.2) is 261 Å². The topological polar surface area (TPSA) is 57.3 Å². The molecule has 346 valence electrons. The second-order valence-electron chi connectivity index (χ2n) is 18.9. The summed E-state index contributed by atoms with van der Waals surface area (Å²) in [6.07, 6.45) is 4.37. The highest BCUT2D eigenvalue weighted by Gasteiger charge is 2.27. The standard InChI is InChI=1S/C67H43N7/c1-6-20-44(21-7-1)45-32-36-52(37-33-45)73-55-38-34-50(42-53(55)59-57-30-16-18-40-71(57)61(63(59)73)46-22-8-2-9-23-46)51-35-39-56-54(43-51)60-58-31-17-19-41-72(58)62(47-24-10-3-11-25-47)64(60)74(56)67-69-65(48-26-12-4-13-27-48)68-66(70-67)49-28-14-5-15-29-49/h1-43H. The molecule has 7 nitrogen and oxygen atoms in total. The van der Waals surface area contributed by atoms with E-state index in [-0.39, 0.29) is 0 Å². The summed E-state index contributed by atoms with van der Waals surface area (Å²) in [7, 11) is 0. The van der Waals surface area contributed by atoms with Crippen molar-refractivity contribution in [2.75, 3.05) is 0 Å². The van der Waals surface area contributed by atoms with E-state index in [4.69, 9.17) is 15.0 Å². The van der Waals surface area contributed by atoms with Crippen molar-refractivity contribution >= 4 is 54.6 Å². The van der Waals surface area contributed by atoms with Gasteiger partial charge in [0.2, 0.25) is 5.95 Å². The fraction of sp³-hybridized carbons (Fsp3) is 0. The van der Waals surface area contributed by atoms with Crippen LogP contribution in [0.25, 0.3) is 134 Å². The molecule has 15 aromatic rings. The van der Waals surface area contributed by atoms with E-state index >= 15 is 0 Å². The summed E-state index contributed by atoms with van der Waals surface area (Å²) in [5.74, 6) is 1.77. The van der Waals surface area contributed by atoms with E-state index in [1.165, 1.54) is 27.4 Å². The Morgan fingerprint density at radius 1 is 0.270 bits per heavy atom. The van der Waals surface area contributed by atoms with Gasteiger partial charge in [-0.25, -0.2) is 4.98 Å². The van der Waals surface area contributed by atoms with Gasteiger partial charge in [0, 0.05) is 61.9 Å². The Balaban J connectivity index is 1.000. The summed E-state index contributed by atoms with van der Waals surface area (Å²) in [5.41, 5.74) is 18.7. The van der Waals surface area contributed by atoms with Crippen LogP contribution in [-0.4, -0.2) is 32.9 Å². The Bertz CT molecular complexity index is 4550. The van der Waals surface area contributed by atoms with Crippen molar-refractivity contribution in [3.05, 3.63) is 261 Å². The quantitative estimate of drug-likeness (QED) is 0.152. The monoisotopic (exact) mass is 945 g/mol. The SMILES string of the molecule is c1ccc(-c2ccc(-n3c4ccc(-c5ccc6c(c5)c5c(c(-c7ccccc7)n7ccccc57)n6-c5nc(-c6ccccc6)nc(-c6ccccc6)n5)cc4c4c3c(-c3ccccc3)n3ccccc43)cc2)cc1. The molecule has 0 radical (unpaired) electrons. The summed E-state index contributed by atoms with van der Waals surface area (Å²) in [5, 5.41) is 4.63. The highest BCUT2D eigenvalue weighted by molar-refractivity contribution is 6.23. The maximum atomic E-state index is 5.34. The molecule has 0 spiro atoms. The fourth-order valence-corrected chi connectivity index (χ4v) is 11.4. The molecule has 0 saturated carbocycles. The molecule has 0 aliphatic rings. The lowest BCUT2D eigenvalue weighted by Crippen LogP contribution is -2.07. The first-order chi connectivity index (χ1) is 36.7. The lowest BCUT2D eigenvalue weighted by Gasteiger charge is -2.13. The van der Waals surface area contributed by atoms with Crippen LogP contribution in [0.4, 0.5) is 0 Å². The summed E-state index contributed by atoms with van der Waals surface area (Å²) in [4.78, 5) is 15.8. The number of benzene rings is 8. The molecule has 0 fully saturated rings. The first-order valence-electron chi connectivity index (χ1n) is 25.0. The maximum Gasteiger partial charge on any atom is 0.238 e. The number of nitrogens with zero attached hydrogens (tertiary/aromatic N) is 7. The van der Waals surface area contributed by atoms with Crippen LogP contribution in [0.3, 0.4) is 0 Å². The third-order valence-electron chi connectivity index (χ3n) is 14.6. The smallest absolute Gasteiger partial charge is 0.238 e. The Hall–Kier alpha value is -10.1. The van der Waals surface area contributed by atoms with Gasteiger partial charge in [-0.2, -0.15) is 9.97 Å². The van der Waals surface area contributed by atoms with Crippen molar-refractivity contribution in [3.63, 3.8) is 0 Å². The van der Waals surface area contributed by atoms with Crippen molar-refractivity contribution in [3.8, 4) is 79.2 Å². The lowest BCUT2D eigenvalue weighted by atomic mass is 10.0. The van der Waals surface area contributed by atoms with Crippen molar-refractivity contribution in [1.82, 2.24) is 32.9 Å². The van der Waals surface area contributed by atoms with Gasteiger partial charge in [0.05, 0.1) is 44.5 Å². The Morgan fingerprint density at radius 3 is 1.12 bits per heavy atom. The third-order valence-corrected chi connectivity index (χ3v) is 14.6. The summed E-state index contributed by atoms with van der Waals surface area (Å²) < 4.78 is 9.41. The zero-order valence-corrected chi connectivity index (χ0v) is 40.0. The molecule has 0 amide bonds. The number of pyridine rings is 2. The molecular formula is C67H43N7. The predicted octanol–water partition coefficient (Wildman–Crippen LogP) is 16.6. The van der Waals surface area contributed by atoms with Crippen LogP contribution in [0, 0.1) is 0 Å². The summed E-state index contributed by atoms with van der Waals surface area (Å²) in [6, 6.07) is 88.4. The first-order valence-corrected chi connectivity index (χ1v) is 25.0. The zero-order chi connectivity index (χ0) is 48.7. The molecule has 0 saturated heterocycles. The van der Waals surface area contributed by atoms with Gasteiger partial charge in [0.1, 0.15) is 0 Å². The first kappa shape index (κ1) is 41.7. The van der Waals surface area contributed by atoms with E-state index < -0.39 is 0 Å². The van der Waals surface area contributed by atoms with Gasteiger partial charge >= 0.3 is 0 Å². The molecule has 15 rings (SSSR count). The van der Waals surface area contributed by atoms with Crippen LogP contribution in [0.1, 0.15) is 0 Å². The molecule has 7 heteroatoms. The van der Waals surface area contributed by atoms with E-state index in [1.54, 1.807) is 0 Å². The van der Waals surface area contributed by atoms with E-state index in [9.17, 15) is 0 Å². The Kier molecular flexibility index (Phi) is 9.43. The van der Waals surface area contributed by atoms with Gasteiger partial charge < -0.3 is 13.4 Å². The zero-order valence-electron chi connectivity index (χ0n) is 40.0. The lowest BCUT2D eigenvalue weighted by molar-refractivity contribution is 0.952. The van der Waals surface area contributed by atoms with Crippen LogP contribution in [0.2, 0.25) is 0 Å². The van der Waals surface area contributed by atoms with Gasteiger partial charge in [0.25, 0.3) is 0 Å². The molecule has 7 heterocycles. The molecule has 8 aromatic carbocycles. The minimum Gasteiger partial charge on any atom is -0.314 e. The largest absolute Gasteiger partial charge is 0.314 e. The maximum absolute atomic E-state index is 5.34. The minimum absolute atomic E-state index is 0.551. The summed E-state index contributed by atoms with van der Waals surface area (Å²) >= 11 is 0. The fourth-order valence-electron chi connectivity index (χ4n) is 11.4. The predicted molar refractivity (Wildman–Crippen MR) is 303 cm³/mol. The molecule has 0 aliphatic heterocycles. The van der Waals surface area contributed by atoms with Gasteiger partial charge in [-0.05, 0) is 82.9 Å². The van der Waals surface area contributed by atoms with Gasteiger partial charge in [-0.1, -0.05) is 188 Å². The number of fused-ring (bicyclic) bond motifs is 10. The molecule has 0 bridgehead atoms. The van der Waals surface area contributed by atoms with Crippen molar-refractivity contribution in [2.24, 2.45) is 0 Å². The van der Waals surface area contributed by atoms with Gasteiger partial charge in [-0.15, -0.1) is 0 Å². The normalized spacial score (nSPS) is 11.8. The molecule has 0 aliphatic carbocycles. The second kappa shape index (κ2) is 16.8. The van der Waals surface area contributed by atoms with E-state index in [0.717, 1.165) is 88.8 Å². The number of hydrogen-bond donors (Lipinski definition) is 0. The number of aromatic nitrogens is 7. The van der Waals surface area contributed by atoms with Gasteiger partial charge in [0.15, 0.2) is 11.6 Å². The summed E-state index contributed by atoms with van der Waals surface area (Å²) in [6.45, 7) is 0. The highest BCUT2D eigenvalue weighted by atomic mass is 15.2. The van der Waals surface area contributed by atoms with Crippen LogP contribution >= 0.6 is 0 Å². The molecule has 74 heavy (non-hydrogen) atoms. The number of hydrogen-bond acceptors (Lipinski definition) is 3. The van der Waals surface area contributed by atoms with Crippen LogP contribution in [0.5, 0.6) is 0 Å². The molecule has 0 N–H and O–H groups in total. The third kappa shape index (κ3) is 6.50. The number of rotatable bonds is 8. The van der Waals surface area contributed by atoms with Gasteiger partial charge in [-0.3, -0.25) is 4.57 Å². The Labute approximate surface area is 425 Å². The van der Waals surface area contributed by atoms with Crippen LogP contribution < -0.4 is 0 Å². The molecular weight excluding hydrogens is 903 g/mol.